The van der Waals surface area contributed by atoms with Gasteiger partial charge in [0, 0.05) is 12.8 Å². The fourth-order valence-corrected chi connectivity index (χ4v) is 12.1. The normalized spacial score (nSPS) is 13.8. The van der Waals surface area contributed by atoms with Crippen LogP contribution in [0.3, 0.4) is 0 Å². The predicted octanol–water partition coefficient (Wildman–Crippen LogP) is 25.1. The van der Waals surface area contributed by atoms with Crippen LogP contribution in [0.25, 0.3) is 0 Å². The molecule has 2 N–H and O–H groups in total. The number of unbranched alkanes of at least 4 members (excludes halogenated alkanes) is 45. The summed E-state index contributed by atoms with van der Waals surface area (Å²) >= 11 is 0. The number of carbonyl (C=O) groups excluding carboxylic acids is 2. The van der Waals surface area contributed by atoms with Crippen molar-refractivity contribution in [2.75, 3.05) is 40.9 Å². The van der Waals surface area contributed by atoms with Crippen LogP contribution in [0, 0.1) is 0 Å². The number of quaternary nitrogens is 1. The van der Waals surface area contributed by atoms with Crippen LogP contribution in [0.15, 0.2) is 72.9 Å². The zero-order valence-electron chi connectivity index (χ0n) is 60.4. The van der Waals surface area contributed by atoms with Gasteiger partial charge < -0.3 is 19.4 Å². The highest BCUT2D eigenvalue weighted by Gasteiger charge is 2.30. The molecule has 0 saturated carbocycles. The Bertz CT molecular complexity index is 1770. The fourth-order valence-electron chi connectivity index (χ4n) is 11.4. The molecule has 0 heterocycles. The van der Waals surface area contributed by atoms with Gasteiger partial charge in [-0.25, -0.2) is 4.57 Å². The molecule has 0 fully saturated rings. The molecule has 0 aliphatic heterocycles. The Labute approximate surface area is 559 Å². The third-order valence-corrected chi connectivity index (χ3v) is 18.4. The molecule has 526 valence electrons. The van der Waals surface area contributed by atoms with Gasteiger partial charge in [-0.05, 0) is 102 Å². The third kappa shape index (κ3) is 69.8. The number of likely N-dealkylation sites (N-methyl/N-ethyl adjacent to an activating group) is 1. The lowest BCUT2D eigenvalue weighted by molar-refractivity contribution is -0.870. The van der Waals surface area contributed by atoms with Crippen molar-refractivity contribution in [1.82, 2.24) is 5.32 Å². The Morgan fingerprint density at radius 3 is 1.04 bits per heavy atom. The molecule has 0 bridgehead atoms. The summed E-state index contributed by atoms with van der Waals surface area (Å²) < 4.78 is 30.9. The molecule has 0 saturated heterocycles. The molecule has 1 amide bonds. The van der Waals surface area contributed by atoms with E-state index in [1.54, 1.807) is 0 Å². The standard InChI is InChI=1S/C80H149N2O7P/c1-7-10-13-16-19-22-25-28-30-32-34-36-38-40-41-43-44-46-48-50-52-54-57-60-63-66-69-72-79(83)81-77(76-88-90(85,86)87-75-74-82(4,5)6)78(71-68-65-62-59-56-27-24-21-18-15-12-9-3)89-80(84)73-70-67-64-61-58-55-53-51-49-47-45-42-39-37-35-33-31-29-26-23-20-17-14-11-8-2/h19,22,28-31,34,36,40-41,68,71,77-78H,7-18,20-21,23-27,32-33,35,37-39,42-67,69-70,72-76H2,1-6H3,(H-,81,83,85,86)/p+1/b22-19-,30-28-,31-29+,36-34-,41-40-,71-68+. The number of ether oxygens (including phenoxy) is 1. The van der Waals surface area contributed by atoms with Crippen LogP contribution in [0.1, 0.15) is 374 Å². The van der Waals surface area contributed by atoms with Crippen molar-refractivity contribution < 1.29 is 37.3 Å². The zero-order valence-corrected chi connectivity index (χ0v) is 61.3. The van der Waals surface area contributed by atoms with E-state index in [1.165, 1.54) is 263 Å². The molecule has 0 aliphatic rings. The summed E-state index contributed by atoms with van der Waals surface area (Å²) in [6.45, 7) is 7.03. The number of hydrogen-bond donors (Lipinski definition) is 2. The lowest BCUT2D eigenvalue weighted by Crippen LogP contribution is -2.47. The van der Waals surface area contributed by atoms with Crippen LogP contribution in [0.4, 0.5) is 0 Å². The first-order valence-corrected chi connectivity index (χ1v) is 40.3. The first-order chi connectivity index (χ1) is 43.9. The second-order valence-electron chi connectivity index (χ2n) is 27.5. The monoisotopic (exact) mass is 1280 g/mol. The van der Waals surface area contributed by atoms with E-state index in [9.17, 15) is 19.0 Å². The Kier molecular flexibility index (Phi) is 67.3. The van der Waals surface area contributed by atoms with Gasteiger partial charge in [-0.15, -0.1) is 0 Å². The molecule has 0 aromatic carbocycles. The maximum absolute atomic E-state index is 13.7. The Hall–Kier alpha value is -2.55. The molecule has 0 rings (SSSR count). The van der Waals surface area contributed by atoms with Crippen LogP contribution < -0.4 is 5.32 Å². The number of carbonyl (C=O) groups is 2. The molecular formula is C80H150N2O7P+. The lowest BCUT2D eigenvalue weighted by Gasteiger charge is -2.27. The molecule has 3 unspecified atom stereocenters. The Balaban J connectivity index is 4.96. The summed E-state index contributed by atoms with van der Waals surface area (Å²) in [5.74, 6) is -0.494. The molecule has 9 nitrogen and oxygen atoms in total. The summed E-state index contributed by atoms with van der Waals surface area (Å²) in [6.07, 6.45) is 92.1. The van der Waals surface area contributed by atoms with Crippen molar-refractivity contribution >= 4 is 19.7 Å². The SMILES string of the molecule is CCCCC/C=C\C/C=C\C/C=C\C/C=C\CCCCCCCCCCCCCC(=O)NC(COP(=O)(O)OCC[N+](C)(C)C)C(/C=C/CCCCCCCCCCCC)OC(=O)CCCCCCCCCCCCCCCCC/C=C/CCCCCCCC. The zero-order chi connectivity index (χ0) is 65.6. The van der Waals surface area contributed by atoms with E-state index in [1.807, 2.05) is 33.3 Å². The molecule has 0 aliphatic carbocycles. The number of nitrogens with one attached hydrogen (secondary N) is 1. The van der Waals surface area contributed by atoms with Crippen molar-refractivity contribution in [3.8, 4) is 0 Å². The maximum Gasteiger partial charge on any atom is 0.472 e. The number of hydrogen-bond acceptors (Lipinski definition) is 6. The highest BCUT2D eigenvalue weighted by molar-refractivity contribution is 7.47. The van der Waals surface area contributed by atoms with Crippen molar-refractivity contribution in [3.05, 3.63) is 72.9 Å². The van der Waals surface area contributed by atoms with E-state index in [0.717, 1.165) is 77.0 Å². The first-order valence-electron chi connectivity index (χ1n) is 38.8. The molecule has 0 spiro atoms. The van der Waals surface area contributed by atoms with Gasteiger partial charge in [0.05, 0.1) is 33.8 Å². The van der Waals surface area contributed by atoms with Crippen molar-refractivity contribution in [3.63, 3.8) is 0 Å². The molecule has 10 heteroatoms. The van der Waals surface area contributed by atoms with Crippen LogP contribution in [0.5, 0.6) is 0 Å². The topological polar surface area (TPSA) is 111 Å². The Morgan fingerprint density at radius 1 is 0.389 bits per heavy atom. The van der Waals surface area contributed by atoms with Gasteiger partial charge in [-0.2, -0.15) is 0 Å². The van der Waals surface area contributed by atoms with Crippen molar-refractivity contribution in [2.24, 2.45) is 0 Å². The van der Waals surface area contributed by atoms with Crippen LogP contribution >= 0.6 is 7.82 Å². The van der Waals surface area contributed by atoms with Crippen LogP contribution in [0.2, 0.25) is 0 Å². The summed E-state index contributed by atoms with van der Waals surface area (Å²) in [6, 6.07) is -0.853. The van der Waals surface area contributed by atoms with Gasteiger partial charge in [0.25, 0.3) is 0 Å². The van der Waals surface area contributed by atoms with Crippen molar-refractivity contribution in [1.29, 1.82) is 0 Å². The predicted molar refractivity (Wildman–Crippen MR) is 392 cm³/mol. The molecule has 0 aromatic rings. The van der Waals surface area contributed by atoms with E-state index < -0.39 is 20.0 Å². The van der Waals surface area contributed by atoms with E-state index in [-0.39, 0.29) is 25.1 Å². The van der Waals surface area contributed by atoms with E-state index in [0.29, 0.717) is 23.9 Å². The van der Waals surface area contributed by atoms with Crippen LogP contribution in [-0.4, -0.2) is 74.3 Å². The minimum Gasteiger partial charge on any atom is -0.456 e. The highest BCUT2D eigenvalue weighted by atomic mass is 31.2. The van der Waals surface area contributed by atoms with Gasteiger partial charge >= 0.3 is 13.8 Å². The smallest absolute Gasteiger partial charge is 0.456 e. The third-order valence-electron chi connectivity index (χ3n) is 17.4. The average Bonchev–Trinajstić information content (AvgIpc) is 3.04. The first kappa shape index (κ1) is 87.5. The fraction of sp³-hybridized carbons (Fsp3) is 0.825. The van der Waals surface area contributed by atoms with Gasteiger partial charge in [0.2, 0.25) is 5.91 Å². The largest absolute Gasteiger partial charge is 0.472 e. The molecule has 0 aromatic heterocycles. The van der Waals surface area contributed by atoms with E-state index in [4.69, 9.17) is 13.8 Å². The second kappa shape index (κ2) is 69.3. The number of amides is 1. The molecule has 3 atom stereocenters. The molecule has 0 radical (unpaired) electrons. The van der Waals surface area contributed by atoms with E-state index in [2.05, 4.69) is 86.8 Å². The Morgan fingerprint density at radius 2 is 0.678 bits per heavy atom. The van der Waals surface area contributed by atoms with Gasteiger partial charge in [-0.1, -0.05) is 332 Å². The minimum absolute atomic E-state index is 0.0393. The quantitative estimate of drug-likeness (QED) is 0.0205. The lowest BCUT2D eigenvalue weighted by atomic mass is 10.0. The van der Waals surface area contributed by atoms with Crippen LogP contribution in [-0.2, 0) is 27.9 Å². The second-order valence-corrected chi connectivity index (χ2v) is 29.0. The van der Waals surface area contributed by atoms with Gasteiger partial charge in [-0.3, -0.25) is 18.6 Å². The van der Waals surface area contributed by atoms with E-state index >= 15 is 0 Å². The molecular weight excluding hydrogens is 1130 g/mol. The number of esters is 1. The molecule has 90 heavy (non-hydrogen) atoms. The van der Waals surface area contributed by atoms with Crippen molar-refractivity contribution in [2.45, 2.75) is 386 Å². The summed E-state index contributed by atoms with van der Waals surface area (Å²) in [5.41, 5.74) is 0. The average molecular weight is 1280 g/mol. The maximum atomic E-state index is 13.7. The highest BCUT2D eigenvalue weighted by Crippen LogP contribution is 2.43. The summed E-state index contributed by atoms with van der Waals surface area (Å²) in [4.78, 5) is 38.0. The number of phosphoric ester groups is 1. The summed E-state index contributed by atoms with van der Waals surface area (Å²) in [5, 5.41) is 3.08. The number of nitrogens with zero attached hydrogens (tertiary/aromatic N) is 1. The number of phosphoric acid groups is 1. The minimum atomic E-state index is -4.46. The van der Waals surface area contributed by atoms with Gasteiger partial charge in [0.15, 0.2) is 0 Å². The number of allylic oxidation sites excluding steroid dienone is 11. The summed E-state index contributed by atoms with van der Waals surface area (Å²) in [7, 11) is 1.50. The van der Waals surface area contributed by atoms with Gasteiger partial charge in [0.1, 0.15) is 19.3 Å². The number of rotatable bonds is 71.